The van der Waals surface area contributed by atoms with Gasteiger partial charge in [-0.2, -0.15) is 0 Å². The Balaban J connectivity index is 1.41. The minimum absolute atomic E-state index is 0.182. The molecule has 0 spiro atoms. The molecule has 162 valence electrons. The number of aromatic nitrogens is 2. The fourth-order valence-electron chi connectivity index (χ4n) is 3.70. The number of hydrogen-bond donors (Lipinski definition) is 1. The maximum atomic E-state index is 13.1. The molecule has 1 aliphatic heterocycles. The van der Waals surface area contributed by atoms with E-state index in [1.54, 1.807) is 0 Å². The number of carbonyl (C=O) groups is 2. The van der Waals surface area contributed by atoms with Crippen LogP contribution in [0, 0.1) is 0 Å². The number of nitrogens with one attached hydrogen (secondary N) is 1. The Labute approximate surface area is 200 Å². The number of carbonyl (C=O) groups excluding carboxylic acids is 2. The van der Waals surface area contributed by atoms with Crippen LogP contribution in [0.5, 0.6) is 0 Å². The van der Waals surface area contributed by atoms with Gasteiger partial charge in [0.15, 0.2) is 16.0 Å². The molecule has 0 saturated heterocycles. The van der Waals surface area contributed by atoms with Crippen LogP contribution in [0.2, 0.25) is 0 Å². The first-order valence-corrected chi connectivity index (χ1v) is 12.2. The molecule has 7 nitrogen and oxygen atoms in total. The van der Waals surface area contributed by atoms with Gasteiger partial charge < -0.3 is 9.64 Å². The van der Waals surface area contributed by atoms with E-state index in [2.05, 4.69) is 42.2 Å². The summed E-state index contributed by atoms with van der Waals surface area (Å²) in [5.41, 5.74) is 3.85. The molecule has 1 amide bonds. The van der Waals surface area contributed by atoms with Gasteiger partial charge in [0.05, 0.1) is 17.3 Å². The summed E-state index contributed by atoms with van der Waals surface area (Å²) >= 11 is 6.24. The molecule has 32 heavy (non-hydrogen) atoms. The van der Waals surface area contributed by atoms with Crippen LogP contribution in [-0.2, 0) is 17.7 Å². The second-order valence-corrected chi connectivity index (χ2v) is 10.5. The predicted octanol–water partition coefficient (Wildman–Crippen LogP) is 5.12. The molecule has 2 aromatic carbocycles. The molecule has 0 unspecified atom stereocenters. The highest BCUT2D eigenvalue weighted by Crippen LogP contribution is 2.35. The molecule has 1 N–H and O–H groups in total. The van der Waals surface area contributed by atoms with E-state index in [0.717, 1.165) is 34.3 Å². The third kappa shape index (κ3) is 3.89. The van der Waals surface area contributed by atoms with E-state index in [9.17, 15) is 9.59 Å². The number of hydrogen-bond acceptors (Lipinski definition) is 8. The van der Waals surface area contributed by atoms with Gasteiger partial charge in [-0.25, -0.2) is 14.8 Å². The number of methoxy groups -OCH3 is 1. The second-order valence-electron chi connectivity index (χ2n) is 7.17. The Morgan fingerprint density at radius 1 is 1.12 bits per heavy atom. The highest BCUT2D eigenvalue weighted by molar-refractivity contribution is 9.11. The normalized spacial score (nSPS) is 13.1. The van der Waals surface area contributed by atoms with E-state index in [4.69, 9.17) is 4.74 Å². The van der Waals surface area contributed by atoms with Crippen molar-refractivity contribution in [3.63, 3.8) is 0 Å². The number of anilines is 2. The fraction of sp³-hybridized carbons (Fsp3) is 0.182. The minimum atomic E-state index is -0.479. The van der Waals surface area contributed by atoms with Crippen LogP contribution in [0.3, 0.4) is 0 Å². The number of para-hydroxylation sites is 1. The average molecular weight is 529 g/mol. The summed E-state index contributed by atoms with van der Waals surface area (Å²) in [5.74, 6) is -0.661. The Kier molecular flexibility index (Phi) is 5.66. The van der Waals surface area contributed by atoms with Crippen molar-refractivity contribution in [3.05, 3.63) is 68.6 Å². The lowest BCUT2D eigenvalue weighted by atomic mass is 9.94. The maximum absolute atomic E-state index is 13.1. The van der Waals surface area contributed by atoms with Crippen molar-refractivity contribution in [2.45, 2.75) is 13.0 Å². The van der Waals surface area contributed by atoms with Crippen LogP contribution < -0.4 is 10.2 Å². The van der Waals surface area contributed by atoms with Crippen molar-refractivity contribution in [1.82, 2.24) is 9.97 Å². The molecule has 1 aliphatic rings. The zero-order chi connectivity index (χ0) is 22.2. The lowest BCUT2D eigenvalue weighted by molar-refractivity contribution is 0.0594. The van der Waals surface area contributed by atoms with Gasteiger partial charge >= 0.3 is 5.97 Å². The highest BCUT2D eigenvalue weighted by atomic mass is 79.9. The number of esters is 1. The van der Waals surface area contributed by atoms with Crippen molar-refractivity contribution < 1.29 is 14.3 Å². The van der Waals surface area contributed by atoms with Crippen LogP contribution >= 0.6 is 38.6 Å². The molecule has 5 rings (SSSR count). The van der Waals surface area contributed by atoms with Crippen molar-refractivity contribution in [1.29, 1.82) is 0 Å². The molecule has 0 fully saturated rings. The zero-order valence-electron chi connectivity index (χ0n) is 16.9. The zero-order valence-corrected chi connectivity index (χ0v) is 20.1. The van der Waals surface area contributed by atoms with Gasteiger partial charge in [0.2, 0.25) is 0 Å². The first kappa shape index (κ1) is 21.0. The van der Waals surface area contributed by atoms with Crippen LogP contribution in [-0.4, -0.2) is 35.5 Å². The SMILES string of the molecule is COC(=O)c1nc(N2CCc3cccc(C(=O)Nc4nc5ccccc5s4)c3C2)sc1Br. The van der Waals surface area contributed by atoms with E-state index < -0.39 is 5.97 Å². The summed E-state index contributed by atoms with van der Waals surface area (Å²) in [5, 5.41) is 4.25. The average Bonchev–Trinajstić information content (AvgIpc) is 3.40. The van der Waals surface area contributed by atoms with Gasteiger partial charge in [-0.05, 0) is 51.7 Å². The van der Waals surface area contributed by atoms with Crippen LogP contribution in [0.1, 0.15) is 32.0 Å². The first-order chi connectivity index (χ1) is 15.5. The molecule has 0 saturated carbocycles. The van der Waals surface area contributed by atoms with Crippen LogP contribution in [0.15, 0.2) is 46.3 Å². The summed E-state index contributed by atoms with van der Waals surface area (Å²) in [6, 6.07) is 13.6. The Hall–Kier alpha value is -2.82. The summed E-state index contributed by atoms with van der Waals surface area (Å²) in [4.78, 5) is 36.1. The molecule has 0 radical (unpaired) electrons. The van der Waals surface area contributed by atoms with Gasteiger partial charge in [0.1, 0.15) is 3.79 Å². The minimum Gasteiger partial charge on any atom is -0.464 e. The number of halogens is 1. The molecule has 0 aliphatic carbocycles. The summed E-state index contributed by atoms with van der Waals surface area (Å²) in [6.07, 6.45) is 0.780. The van der Waals surface area contributed by atoms with Crippen molar-refractivity contribution in [2.75, 3.05) is 23.9 Å². The van der Waals surface area contributed by atoms with Crippen LogP contribution in [0.4, 0.5) is 10.3 Å². The van der Waals surface area contributed by atoms with Crippen molar-refractivity contribution >= 4 is 71.0 Å². The topological polar surface area (TPSA) is 84.4 Å². The first-order valence-electron chi connectivity index (χ1n) is 9.81. The third-order valence-corrected chi connectivity index (χ3v) is 7.97. The highest BCUT2D eigenvalue weighted by Gasteiger charge is 2.26. The number of ether oxygens (including phenoxy) is 1. The maximum Gasteiger partial charge on any atom is 0.358 e. The number of rotatable bonds is 4. The Bertz CT molecular complexity index is 1320. The standard InChI is InChI=1S/C22H17BrN4O3S2/c1-30-20(29)17-18(23)32-22(25-17)27-10-9-12-5-4-6-13(14(12)11-27)19(28)26-21-24-15-7-2-3-8-16(15)31-21/h2-8H,9-11H2,1H3,(H,24,26,28). The van der Waals surface area contributed by atoms with Crippen molar-refractivity contribution in [2.24, 2.45) is 0 Å². The van der Waals surface area contributed by atoms with Crippen LogP contribution in [0.25, 0.3) is 10.2 Å². The molecule has 3 heterocycles. The Morgan fingerprint density at radius 3 is 2.78 bits per heavy atom. The smallest absolute Gasteiger partial charge is 0.358 e. The lowest BCUT2D eigenvalue weighted by Crippen LogP contribution is -2.32. The monoisotopic (exact) mass is 528 g/mol. The third-order valence-electron chi connectivity index (χ3n) is 5.26. The number of nitrogens with zero attached hydrogens (tertiary/aromatic N) is 3. The fourth-order valence-corrected chi connectivity index (χ4v) is 6.05. The Morgan fingerprint density at radius 2 is 1.97 bits per heavy atom. The molecular weight excluding hydrogens is 512 g/mol. The number of amides is 1. The number of thiazole rings is 2. The van der Waals surface area contributed by atoms with Gasteiger partial charge in [-0.3, -0.25) is 10.1 Å². The van der Waals surface area contributed by atoms with E-state index in [1.165, 1.54) is 29.8 Å². The molecule has 4 aromatic rings. The van der Waals surface area contributed by atoms with Crippen molar-refractivity contribution in [3.8, 4) is 0 Å². The second kappa shape index (κ2) is 8.61. The summed E-state index contributed by atoms with van der Waals surface area (Å²) in [6.45, 7) is 1.27. The van der Waals surface area contributed by atoms with Gasteiger partial charge in [0, 0.05) is 18.7 Å². The number of fused-ring (bicyclic) bond motifs is 2. The molecule has 2 aromatic heterocycles. The van der Waals surface area contributed by atoms with E-state index >= 15 is 0 Å². The molecule has 0 atom stereocenters. The predicted molar refractivity (Wildman–Crippen MR) is 130 cm³/mol. The van der Waals surface area contributed by atoms with E-state index in [1.807, 2.05) is 36.4 Å². The lowest BCUT2D eigenvalue weighted by Gasteiger charge is -2.29. The quantitative estimate of drug-likeness (QED) is 0.370. The van der Waals surface area contributed by atoms with E-state index in [-0.39, 0.29) is 11.6 Å². The molecule has 0 bridgehead atoms. The van der Waals surface area contributed by atoms with Gasteiger partial charge in [-0.1, -0.05) is 46.9 Å². The largest absolute Gasteiger partial charge is 0.464 e. The summed E-state index contributed by atoms with van der Waals surface area (Å²) < 4.78 is 6.46. The molecular formula is C22H17BrN4O3S2. The van der Waals surface area contributed by atoms with Gasteiger partial charge in [0.25, 0.3) is 5.91 Å². The number of benzene rings is 2. The van der Waals surface area contributed by atoms with Gasteiger partial charge in [-0.15, -0.1) is 0 Å². The molecule has 10 heteroatoms. The summed E-state index contributed by atoms with van der Waals surface area (Å²) in [7, 11) is 1.33. The van der Waals surface area contributed by atoms with E-state index in [0.29, 0.717) is 26.2 Å².